The molecule has 5 rings (SSSR count). The second-order valence-electron chi connectivity index (χ2n) is 8.25. The Labute approximate surface area is 205 Å². The van der Waals surface area contributed by atoms with Crippen LogP contribution in [-0.4, -0.2) is 29.7 Å². The van der Waals surface area contributed by atoms with Crippen LogP contribution in [0.15, 0.2) is 82.4 Å². The first-order valence-electron chi connectivity index (χ1n) is 11.3. The molecule has 1 heterocycles. The van der Waals surface area contributed by atoms with E-state index >= 15 is 0 Å². The average molecular weight is 499 g/mol. The van der Waals surface area contributed by atoms with E-state index in [-0.39, 0.29) is 0 Å². The van der Waals surface area contributed by atoms with E-state index in [9.17, 15) is 18.0 Å². The van der Waals surface area contributed by atoms with Gasteiger partial charge in [0.05, 0.1) is 12.0 Å². The number of alkyl halides is 3. The molecule has 1 aliphatic carbocycles. The van der Waals surface area contributed by atoms with Crippen molar-refractivity contribution in [3.8, 4) is 11.1 Å². The van der Waals surface area contributed by atoms with Crippen LogP contribution >= 0.6 is 11.8 Å². The zero-order valence-corrected chi connectivity index (χ0v) is 19.7. The summed E-state index contributed by atoms with van der Waals surface area (Å²) in [6.45, 7) is -1.23. The molecule has 0 atom stereocenters. The minimum atomic E-state index is -4.18. The second-order valence-corrected chi connectivity index (χ2v) is 9.30. The molecule has 0 amide bonds. The standard InChI is InChI=1S/C25H21NO2S.C2H4F3N/c27-17-25(20-11-3-1-9-18(20)19-10-2-4-12-21(19)25)15-7-8-16-29-24-26-22-13-5-6-14-23(22)28-24;3-2(4,5)1-6/h1-6,9-14,17H,7-8,15-16H2;1,6H2. The van der Waals surface area contributed by atoms with Crippen LogP contribution in [0.5, 0.6) is 0 Å². The summed E-state index contributed by atoms with van der Waals surface area (Å²) in [6.07, 6.45) is -0.234. The Morgan fingerprint density at radius 1 is 0.914 bits per heavy atom. The van der Waals surface area contributed by atoms with Crippen LogP contribution in [0.2, 0.25) is 0 Å². The number of halogens is 3. The summed E-state index contributed by atoms with van der Waals surface area (Å²) >= 11 is 1.64. The summed E-state index contributed by atoms with van der Waals surface area (Å²) in [4.78, 5) is 16.9. The summed E-state index contributed by atoms with van der Waals surface area (Å²) in [5, 5.41) is 0.716. The molecule has 182 valence electrons. The van der Waals surface area contributed by atoms with Crippen molar-refractivity contribution in [3.63, 3.8) is 0 Å². The van der Waals surface area contributed by atoms with Crippen LogP contribution in [0.4, 0.5) is 13.2 Å². The van der Waals surface area contributed by atoms with Crippen LogP contribution in [0.3, 0.4) is 0 Å². The number of oxazole rings is 1. The molecule has 4 aromatic rings. The molecule has 0 aliphatic heterocycles. The number of aldehydes is 1. The van der Waals surface area contributed by atoms with Crippen LogP contribution in [0.25, 0.3) is 22.2 Å². The van der Waals surface area contributed by atoms with E-state index in [1.165, 1.54) is 11.1 Å². The van der Waals surface area contributed by atoms with E-state index in [4.69, 9.17) is 4.42 Å². The number of para-hydroxylation sites is 2. The normalized spacial score (nSPS) is 13.6. The van der Waals surface area contributed by atoms with E-state index in [0.29, 0.717) is 5.22 Å². The van der Waals surface area contributed by atoms with E-state index in [1.54, 1.807) is 11.8 Å². The third-order valence-corrected chi connectivity index (χ3v) is 6.92. The van der Waals surface area contributed by atoms with Crippen molar-refractivity contribution in [2.24, 2.45) is 5.73 Å². The molecular weight excluding hydrogens is 473 g/mol. The number of aromatic nitrogens is 1. The molecule has 1 aliphatic rings. The lowest BCUT2D eigenvalue weighted by atomic mass is 9.75. The van der Waals surface area contributed by atoms with Crippen LogP contribution in [0, 0.1) is 0 Å². The molecule has 0 saturated carbocycles. The van der Waals surface area contributed by atoms with Gasteiger partial charge in [-0.25, -0.2) is 4.98 Å². The summed E-state index contributed by atoms with van der Waals surface area (Å²) < 4.78 is 37.8. The van der Waals surface area contributed by atoms with Gasteiger partial charge >= 0.3 is 6.18 Å². The highest BCUT2D eigenvalue weighted by molar-refractivity contribution is 7.99. The van der Waals surface area contributed by atoms with Gasteiger partial charge < -0.3 is 14.9 Å². The summed E-state index contributed by atoms with van der Waals surface area (Å²) in [5.74, 6) is 0.922. The Kier molecular flexibility index (Phi) is 7.62. The maximum absolute atomic E-state index is 12.4. The highest BCUT2D eigenvalue weighted by Gasteiger charge is 2.42. The fraction of sp³-hybridized carbons (Fsp3) is 0.259. The number of nitrogens with two attached hydrogens (primary N) is 1. The molecule has 3 aromatic carbocycles. The van der Waals surface area contributed by atoms with Gasteiger partial charge in [0, 0.05) is 5.75 Å². The van der Waals surface area contributed by atoms with Gasteiger partial charge in [-0.3, -0.25) is 0 Å². The number of hydrogen-bond donors (Lipinski definition) is 1. The maximum atomic E-state index is 12.4. The largest absolute Gasteiger partial charge is 0.431 e. The molecule has 0 bridgehead atoms. The Morgan fingerprint density at radius 2 is 1.49 bits per heavy atom. The lowest BCUT2D eigenvalue weighted by molar-refractivity contribution is -0.118. The molecule has 0 saturated heterocycles. The fourth-order valence-corrected chi connectivity index (χ4v) is 5.23. The monoisotopic (exact) mass is 498 g/mol. The van der Waals surface area contributed by atoms with Crippen molar-refractivity contribution in [2.75, 3.05) is 12.3 Å². The molecule has 0 spiro atoms. The van der Waals surface area contributed by atoms with Gasteiger partial charge in [-0.2, -0.15) is 13.2 Å². The van der Waals surface area contributed by atoms with Crippen molar-refractivity contribution >= 4 is 29.1 Å². The number of hydrogen-bond acceptors (Lipinski definition) is 5. The molecule has 2 N–H and O–H groups in total. The van der Waals surface area contributed by atoms with Crippen LogP contribution in [-0.2, 0) is 10.2 Å². The molecule has 4 nitrogen and oxygen atoms in total. The number of nitrogens with zero attached hydrogens (tertiary/aromatic N) is 1. The summed E-state index contributed by atoms with van der Waals surface area (Å²) in [5.41, 5.74) is 10.0. The third kappa shape index (κ3) is 5.44. The Balaban J connectivity index is 0.000000431. The zero-order valence-electron chi connectivity index (χ0n) is 18.9. The quantitative estimate of drug-likeness (QED) is 0.173. The molecule has 1 aromatic heterocycles. The molecule has 0 unspecified atom stereocenters. The maximum Gasteiger partial charge on any atom is 0.400 e. The highest BCUT2D eigenvalue weighted by Crippen LogP contribution is 2.50. The van der Waals surface area contributed by atoms with Crippen molar-refractivity contribution in [3.05, 3.63) is 83.9 Å². The van der Waals surface area contributed by atoms with Crippen molar-refractivity contribution < 1.29 is 22.4 Å². The first kappa shape index (κ1) is 25.0. The van der Waals surface area contributed by atoms with Crippen molar-refractivity contribution in [1.29, 1.82) is 0 Å². The highest BCUT2D eigenvalue weighted by atomic mass is 32.2. The molecular formula is C27H25F3N2O2S. The zero-order chi connectivity index (χ0) is 24.9. The lowest BCUT2D eigenvalue weighted by Gasteiger charge is -2.25. The molecule has 0 fully saturated rings. The Bertz CT molecular complexity index is 1220. The predicted octanol–water partition coefficient (Wildman–Crippen LogP) is 6.76. The first-order chi connectivity index (χ1) is 16.9. The number of thioether (sulfide) groups is 1. The predicted molar refractivity (Wildman–Crippen MR) is 132 cm³/mol. The topological polar surface area (TPSA) is 69.1 Å². The van der Waals surface area contributed by atoms with Gasteiger partial charge in [-0.1, -0.05) is 78.8 Å². The smallest absolute Gasteiger partial charge is 0.400 e. The first-order valence-corrected chi connectivity index (χ1v) is 12.3. The van der Waals surface area contributed by atoms with Crippen molar-refractivity contribution in [1.82, 2.24) is 4.98 Å². The van der Waals surface area contributed by atoms with Gasteiger partial charge in [0.2, 0.25) is 0 Å². The lowest BCUT2D eigenvalue weighted by Crippen LogP contribution is -2.27. The van der Waals surface area contributed by atoms with E-state index in [0.717, 1.165) is 53.5 Å². The molecule has 8 heteroatoms. The van der Waals surface area contributed by atoms with Gasteiger partial charge in [0.1, 0.15) is 11.8 Å². The Hall–Kier alpha value is -3.10. The van der Waals surface area contributed by atoms with E-state index in [2.05, 4.69) is 35.0 Å². The van der Waals surface area contributed by atoms with Crippen molar-refractivity contribution in [2.45, 2.75) is 36.1 Å². The van der Waals surface area contributed by atoms with Gasteiger partial charge in [-0.05, 0) is 47.2 Å². The van der Waals surface area contributed by atoms with E-state index < -0.39 is 18.1 Å². The number of rotatable bonds is 7. The minimum absolute atomic E-state index is 0.532. The summed E-state index contributed by atoms with van der Waals surface area (Å²) in [6, 6.07) is 24.5. The number of carbonyl (C=O) groups excluding carboxylic acids is 1. The summed E-state index contributed by atoms with van der Waals surface area (Å²) in [7, 11) is 0. The van der Waals surface area contributed by atoms with Crippen LogP contribution in [0.1, 0.15) is 30.4 Å². The fourth-order valence-electron chi connectivity index (χ4n) is 4.39. The minimum Gasteiger partial charge on any atom is -0.431 e. The Morgan fingerprint density at radius 3 is 2.06 bits per heavy atom. The number of benzene rings is 3. The van der Waals surface area contributed by atoms with Crippen LogP contribution < -0.4 is 5.73 Å². The van der Waals surface area contributed by atoms with Gasteiger partial charge in [-0.15, -0.1) is 0 Å². The second kappa shape index (κ2) is 10.7. The number of fused-ring (bicyclic) bond motifs is 4. The van der Waals surface area contributed by atoms with Gasteiger partial charge in [0.25, 0.3) is 5.22 Å². The SMILES string of the molecule is NCC(F)(F)F.O=CC1(CCCCSc2nc3ccccc3o2)c2ccccc2-c2ccccc21. The number of carbonyl (C=O) groups is 1. The van der Waals surface area contributed by atoms with E-state index in [1.807, 2.05) is 48.5 Å². The number of unbranched alkanes of at least 4 members (excludes halogenated alkanes) is 1. The molecule has 0 radical (unpaired) electrons. The average Bonchev–Trinajstić information content (AvgIpc) is 3.41. The van der Waals surface area contributed by atoms with Gasteiger partial charge in [0.15, 0.2) is 5.58 Å². The third-order valence-electron chi connectivity index (χ3n) is 6.00. The molecule has 35 heavy (non-hydrogen) atoms.